The summed E-state index contributed by atoms with van der Waals surface area (Å²) in [5, 5.41) is 5.48. The van der Waals surface area contributed by atoms with Crippen LogP contribution in [0.15, 0.2) is 6.33 Å². The van der Waals surface area contributed by atoms with Crippen LogP contribution >= 0.6 is 11.3 Å². The Morgan fingerprint density at radius 1 is 1.42 bits per heavy atom. The van der Waals surface area contributed by atoms with Crippen LogP contribution in [0, 0.1) is 5.92 Å². The first-order chi connectivity index (χ1) is 11.6. The van der Waals surface area contributed by atoms with Crippen molar-refractivity contribution in [3.63, 3.8) is 0 Å². The SMILES string of the molecule is CCN(CC)C(=O)c1nc2c3c4c(sc3ncn2n1)CCC(C)C4. The van der Waals surface area contributed by atoms with Gasteiger partial charge in [0.25, 0.3) is 5.91 Å². The summed E-state index contributed by atoms with van der Waals surface area (Å²) in [7, 11) is 0. The van der Waals surface area contributed by atoms with E-state index in [1.54, 1.807) is 27.1 Å². The van der Waals surface area contributed by atoms with E-state index in [0.29, 0.717) is 19.0 Å². The van der Waals surface area contributed by atoms with Crippen molar-refractivity contribution in [2.45, 2.75) is 40.0 Å². The second-order valence-electron chi connectivity index (χ2n) is 6.46. The van der Waals surface area contributed by atoms with Gasteiger partial charge in [-0.1, -0.05) is 6.92 Å². The Hall–Kier alpha value is -2.02. The number of carbonyl (C=O) groups excluding carboxylic acids is 1. The maximum atomic E-state index is 12.6. The Balaban J connectivity index is 1.89. The molecule has 0 aliphatic heterocycles. The standard InChI is InChI=1S/C17H21N5OS/c1-4-21(5-2)17(23)14-19-15-13-11-8-10(3)6-7-12(11)24-16(13)18-9-22(15)20-14/h9-10H,4-8H2,1-3H3. The summed E-state index contributed by atoms with van der Waals surface area (Å²) >= 11 is 1.76. The van der Waals surface area contributed by atoms with Crippen molar-refractivity contribution in [2.75, 3.05) is 13.1 Å². The monoisotopic (exact) mass is 343 g/mol. The lowest BCUT2D eigenvalue weighted by molar-refractivity contribution is 0.0761. The van der Waals surface area contributed by atoms with E-state index < -0.39 is 0 Å². The van der Waals surface area contributed by atoms with E-state index in [9.17, 15) is 4.79 Å². The van der Waals surface area contributed by atoms with Crippen molar-refractivity contribution in [3.05, 3.63) is 22.6 Å². The molecule has 0 radical (unpaired) electrons. The van der Waals surface area contributed by atoms with Gasteiger partial charge in [-0.3, -0.25) is 4.79 Å². The summed E-state index contributed by atoms with van der Waals surface area (Å²) in [6, 6.07) is 0. The average Bonchev–Trinajstić information content (AvgIpc) is 3.16. The summed E-state index contributed by atoms with van der Waals surface area (Å²) in [5.41, 5.74) is 2.13. The number of aromatic nitrogens is 4. The molecule has 0 bridgehead atoms. The van der Waals surface area contributed by atoms with Crippen LogP contribution in [-0.4, -0.2) is 43.5 Å². The van der Waals surface area contributed by atoms with Crippen LogP contribution in [0.4, 0.5) is 0 Å². The summed E-state index contributed by atoms with van der Waals surface area (Å²) < 4.78 is 1.66. The molecule has 0 saturated heterocycles. The van der Waals surface area contributed by atoms with Crippen molar-refractivity contribution in [2.24, 2.45) is 5.92 Å². The second kappa shape index (κ2) is 5.81. The van der Waals surface area contributed by atoms with Gasteiger partial charge in [-0.2, -0.15) is 0 Å². The van der Waals surface area contributed by atoms with E-state index in [1.165, 1.54) is 16.9 Å². The number of amides is 1. The Kier molecular flexibility index (Phi) is 3.75. The van der Waals surface area contributed by atoms with E-state index in [2.05, 4.69) is 22.0 Å². The van der Waals surface area contributed by atoms with Crippen LogP contribution in [-0.2, 0) is 12.8 Å². The predicted molar refractivity (Wildman–Crippen MR) is 94.6 cm³/mol. The van der Waals surface area contributed by atoms with Gasteiger partial charge in [0, 0.05) is 18.0 Å². The number of hydrogen-bond acceptors (Lipinski definition) is 5. The van der Waals surface area contributed by atoms with Crippen LogP contribution < -0.4 is 0 Å². The van der Waals surface area contributed by atoms with Crippen molar-refractivity contribution < 1.29 is 4.79 Å². The Bertz CT molecular complexity index is 924. The average molecular weight is 343 g/mol. The highest BCUT2D eigenvalue weighted by molar-refractivity contribution is 7.19. The molecule has 1 aliphatic carbocycles. The molecule has 0 saturated carbocycles. The molecule has 0 spiro atoms. The predicted octanol–water partition coefficient (Wildman–Crippen LogP) is 2.95. The topological polar surface area (TPSA) is 63.4 Å². The third-order valence-corrected chi connectivity index (χ3v) is 6.07. The third kappa shape index (κ3) is 2.30. The van der Waals surface area contributed by atoms with Gasteiger partial charge < -0.3 is 4.90 Å². The molecule has 1 unspecified atom stereocenters. The third-order valence-electron chi connectivity index (χ3n) is 4.87. The highest BCUT2D eigenvalue weighted by atomic mass is 32.1. The lowest BCUT2D eigenvalue weighted by Crippen LogP contribution is -2.31. The lowest BCUT2D eigenvalue weighted by atomic mass is 9.89. The molecule has 1 atom stereocenters. The molecule has 24 heavy (non-hydrogen) atoms. The van der Waals surface area contributed by atoms with Gasteiger partial charge in [0.05, 0.1) is 5.39 Å². The van der Waals surface area contributed by atoms with E-state index in [0.717, 1.165) is 28.7 Å². The molecule has 3 aromatic rings. The minimum Gasteiger partial charge on any atom is -0.336 e. The number of nitrogens with zero attached hydrogens (tertiary/aromatic N) is 5. The van der Waals surface area contributed by atoms with Gasteiger partial charge in [-0.15, -0.1) is 16.4 Å². The van der Waals surface area contributed by atoms with Crippen LogP contribution in [0.5, 0.6) is 0 Å². The summed E-state index contributed by atoms with van der Waals surface area (Å²) in [4.78, 5) is 25.9. The molecule has 1 amide bonds. The number of hydrogen-bond donors (Lipinski definition) is 0. The number of aryl methyl sites for hydroxylation is 1. The van der Waals surface area contributed by atoms with Crippen LogP contribution in [0.1, 0.15) is 48.3 Å². The molecule has 3 heterocycles. The first-order valence-corrected chi connectivity index (χ1v) is 9.38. The van der Waals surface area contributed by atoms with Crippen molar-refractivity contribution in [3.8, 4) is 0 Å². The van der Waals surface area contributed by atoms with Crippen molar-refractivity contribution >= 4 is 33.1 Å². The number of rotatable bonds is 3. The first kappa shape index (κ1) is 15.5. The molecule has 6 nitrogen and oxygen atoms in total. The molecule has 7 heteroatoms. The minimum absolute atomic E-state index is 0.116. The van der Waals surface area contributed by atoms with E-state index >= 15 is 0 Å². The molecule has 4 rings (SSSR count). The first-order valence-electron chi connectivity index (χ1n) is 8.57. The largest absolute Gasteiger partial charge is 0.336 e. The van der Waals surface area contributed by atoms with Gasteiger partial charge in [0.15, 0.2) is 5.65 Å². The Labute approximate surface area is 144 Å². The maximum Gasteiger partial charge on any atom is 0.293 e. The van der Waals surface area contributed by atoms with Gasteiger partial charge in [-0.05, 0) is 44.6 Å². The van der Waals surface area contributed by atoms with Crippen LogP contribution in [0.2, 0.25) is 0 Å². The number of fused-ring (bicyclic) bond motifs is 5. The zero-order valence-electron chi connectivity index (χ0n) is 14.2. The zero-order chi connectivity index (χ0) is 16.8. The van der Waals surface area contributed by atoms with E-state index in [-0.39, 0.29) is 11.7 Å². The zero-order valence-corrected chi connectivity index (χ0v) is 15.1. The fraction of sp³-hybridized carbons (Fsp3) is 0.529. The molecular formula is C17H21N5OS. The molecule has 126 valence electrons. The molecule has 3 aromatic heterocycles. The number of carbonyl (C=O) groups is 1. The minimum atomic E-state index is -0.116. The molecule has 0 aromatic carbocycles. The number of thiophene rings is 1. The lowest BCUT2D eigenvalue weighted by Gasteiger charge is -2.17. The van der Waals surface area contributed by atoms with Crippen LogP contribution in [0.25, 0.3) is 15.9 Å². The van der Waals surface area contributed by atoms with Crippen molar-refractivity contribution in [1.29, 1.82) is 0 Å². The summed E-state index contributed by atoms with van der Waals surface area (Å²) in [5.74, 6) is 0.821. The van der Waals surface area contributed by atoms with Gasteiger partial charge in [0.2, 0.25) is 5.82 Å². The summed E-state index contributed by atoms with van der Waals surface area (Å²) in [6.45, 7) is 7.54. The fourth-order valence-electron chi connectivity index (χ4n) is 3.49. The van der Waals surface area contributed by atoms with Gasteiger partial charge in [-0.25, -0.2) is 14.5 Å². The molecule has 0 fully saturated rings. The second-order valence-corrected chi connectivity index (χ2v) is 7.54. The van der Waals surface area contributed by atoms with Crippen LogP contribution in [0.3, 0.4) is 0 Å². The van der Waals surface area contributed by atoms with Gasteiger partial charge >= 0.3 is 0 Å². The molecule has 0 N–H and O–H groups in total. The fourth-order valence-corrected chi connectivity index (χ4v) is 4.67. The highest BCUT2D eigenvalue weighted by Crippen LogP contribution is 2.38. The maximum absolute atomic E-state index is 12.6. The smallest absolute Gasteiger partial charge is 0.293 e. The van der Waals surface area contributed by atoms with Gasteiger partial charge in [0.1, 0.15) is 11.2 Å². The highest BCUT2D eigenvalue weighted by Gasteiger charge is 2.25. The normalized spacial score (nSPS) is 17.4. The quantitative estimate of drug-likeness (QED) is 0.733. The van der Waals surface area contributed by atoms with E-state index in [4.69, 9.17) is 0 Å². The molecule has 1 aliphatic rings. The molecular weight excluding hydrogens is 322 g/mol. The van der Waals surface area contributed by atoms with Crippen molar-refractivity contribution in [1.82, 2.24) is 24.5 Å². The Morgan fingerprint density at radius 2 is 2.21 bits per heavy atom. The summed E-state index contributed by atoms with van der Waals surface area (Å²) in [6.07, 6.45) is 5.08. The Morgan fingerprint density at radius 3 is 2.96 bits per heavy atom. The van der Waals surface area contributed by atoms with E-state index in [1.807, 2.05) is 13.8 Å².